The van der Waals surface area contributed by atoms with E-state index in [2.05, 4.69) is 15.4 Å². The average molecular weight is 526 g/mol. The number of hydrogen-bond donors (Lipinski definition) is 2. The first-order valence-corrected chi connectivity index (χ1v) is 12.2. The van der Waals surface area contributed by atoms with Crippen molar-refractivity contribution < 1.29 is 45.9 Å². The van der Waals surface area contributed by atoms with Gasteiger partial charge in [0.1, 0.15) is 12.6 Å². The molecule has 2 aliphatic heterocycles. The summed E-state index contributed by atoms with van der Waals surface area (Å²) in [4.78, 5) is 52.4. The standard InChI is InChI=1S/C23H32F5N3O5/c24-7-1-2-14(3-8-25)21(35)31-13-22(5-6-22)11-17(31)20(34)30-16(10-15-4-9-29-19(15)33)18(32)12-36-23(26,27)28/h14-17H,1-13H2,(H,29,33)(H,30,34)/t14?,15-,16-,17-/m0/s1. The number of carbonyl (C=O) groups excluding carboxylic acids is 4. The number of ether oxygens (including phenoxy) is 1. The maximum Gasteiger partial charge on any atom is 0.522 e. The summed E-state index contributed by atoms with van der Waals surface area (Å²) in [5.74, 6) is -4.07. The maximum absolute atomic E-state index is 13.3. The van der Waals surface area contributed by atoms with E-state index in [0.717, 1.165) is 12.8 Å². The zero-order chi connectivity index (χ0) is 26.5. The Morgan fingerprint density at radius 3 is 2.44 bits per heavy atom. The summed E-state index contributed by atoms with van der Waals surface area (Å²) in [6.45, 7) is -2.16. The first-order chi connectivity index (χ1) is 17.0. The van der Waals surface area contributed by atoms with Crippen molar-refractivity contribution in [2.24, 2.45) is 17.3 Å². The van der Waals surface area contributed by atoms with Gasteiger partial charge >= 0.3 is 6.36 Å². The van der Waals surface area contributed by atoms with E-state index in [-0.39, 0.29) is 43.6 Å². The number of Topliss-reactive ketones (excluding diaryl/α,β-unsaturated/α-hetero) is 1. The maximum atomic E-state index is 13.3. The molecule has 1 unspecified atom stereocenters. The zero-order valence-electron chi connectivity index (χ0n) is 19.9. The van der Waals surface area contributed by atoms with Gasteiger partial charge in [-0.2, -0.15) is 0 Å². The summed E-state index contributed by atoms with van der Waals surface area (Å²) >= 11 is 0. The van der Waals surface area contributed by atoms with Crippen molar-refractivity contribution in [2.75, 3.05) is 33.0 Å². The van der Waals surface area contributed by atoms with Crippen LogP contribution in [0.5, 0.6) is 0 Å². The Morgan fingerprint density at radius 2 is 1.89 bits per heavy atom. The predicted molar refractivity (Wildman–Crippen MR) is 116 cm³/mol. The van der Waals surface area contributed by atoms with Gasteiger partial charge in [0.05, 0.1) is 19.4 Å². The van der Waals surface area contributed by atoms with Gasteiger partial charge in [0, 0.05) is 24.9 Å². The van der Waals surface area contributed by atoms with Crippen LogP contribution in [0.3, 0.4) is 0 Å². The number of rotatable bonds is 13. The molecule has 0 radical (unpaired) electrons. The predicted octanol–water partition coefficient (Wildman–Crippen LogP) is 2.21. The molecule has 3 fully saturated rings. The molecule has 2 saturated heterocycles. The summed E-state index contributed by atoms with van der Waals surface area (Å²) in [6, 6.07) is -2.42. The molecule has 3 aliphatic rings. The van der Waals surface area contributed by atoms with E-state index in [1.807, 2.05) is 0 Å². The number of amides is 3. The van der Waals surface area contributed by atoms with E-state index >= 15 is 0 Å². The number of carbonyl (C=O) groups is 4. The lowest BCUT2D eigenvalue weighted by atomic mass is 9.95. The van der Waals surface area contributed by atoms with Crippen molar-refractivity contribution in [3.05, 3.63) is 0 Å². The van der Waals surface area contributed by atoms with Crippen LogP contribution in [0.25, 0.3) is 0 Å². The summed E-state index contributed by atoms with van der Waals surface area (Å²) in [5.41, 5.74) is -0.262. The minimum absolute atomic E-state index is 0.0749. The van der Waals surface area contributed by atoms with Crippen LogP contribution in [0.1, 0.15) is 51.4 Å². The van der Waals surface area contributed by atoms with Crippen molar-refractivity contribution in [3.8, 4) is 0 Å². The monoisotopic (exact) mass is 525 g/mol. The summed E-state index contributed by atoms with van der Waals surface area (Å²) in [6.07, 6.45) is -2.93. The van der Waals surface area contributed by atoms with Gasteiger partial charge in [0.2, 0.25) is 17.7 Å². The molecule has 3 amide bonds. The van der Waals surface area contributed by atoms with Gasteiger partial charge in [-0.3, -0.25) is 32.7 Å². The van der Waals surface area contributed by atoms with Crippen LogP contribution >= 0.6 is 0 Å². The normalized spacial score (nSPS) is 24.5. The molecule has 3 rings (SSSR count). The summed E-state index contributed by atoms with van der Waals surface area (Å²) < 4.78 is 66.9. The quantitative estimate of drug-likeness (QED) is 0.359. The fourth-order valence-electron chi connectivity index (χ4n) is 5.09. The lowest BCUT2D eigenvalue weighted by Gasteiger charge is -2.29. The molecule has 0 aromatic rings. The molecule has 0 aromatic carbocycles. The minimum Gasteiger partial charge on any atom is -0.356 e. The lowest BCUT2D eigenvalue weighted by molar-refractivity contribution is -0.321. The van der Waals surface area contributed by atoms with E-state index in [0.29, 0.717) is 19.4 Å². The van der Waals surface area contributed by atoms with E-state index < -0.39 is 67.8 Å². The number of hydrogen-bond acceptors (Lipinski definition) is 5. The van der Waals surface area contributed by atoms with Gasteiger partial charge in [0.15, 0.2) is 5.78 Å². The highest BCUT2D eigenvalue weighted by atomic mass is 19.4. The first-order valence-electron chi connectivity index (χ1n) is 12.2. The van der Waals surface area contributed by atoms with Gasteiger partial charge in [-0.1, -0.05) is 0 Å². The number of ketones is 1. The fourth-order valence-corrected chi connectivity index (χ4v) is 5.09. The number of likely N-dealkylation sites (tertiary alicyclic amines) is 1. The van der Waals surface area contributed by atoms with Crippen LogP contribution in [-0.2, 0) is 23.9 Å². The molecule has 2 N–H and O–H groups in total. The van der Waals surface area contributed by atoms with E-state index in [9.17, 15) is 41.1 Å². The van der Waals surface area contributed by atoms with Crippen LogP contribution in [0.4, 0.5) is 22.0 Å². The van der Waals surface area contributed by atoms with Gasteiger partial charge in [-0.25, -0.2) is 0 Å². The smallest absolute Gasteiger partial charge is 0.356 e. The fraction of sp³-hybridized carbons (Fsp3) is 0.826. The van der Waals surface area contributed by atoms with Gasteiger partial charge in [0.25, 0.3) is 0 Å². The average Bonchev–Trinajstić information content (AvgIpc) is 3.28. The highest BCUT2D eigenvalue weighted by Crippen LogP contribution is 2.55. The Labute approximate surface area is 205 Å². The first kappa shape index (κ1) is 28.3. The number of halogens is 5. The topological polar surface area (TPSA) is 105 Å². The molecule has 0 bridgehead atoms. The van der Waals surface area contributed by atoms with Crippen molar-refractivity contribution in [2.45, 2.75) is 69.8 Å². The zero-order valence-corrected chi connectivity index (χ0v) is 19.9. The van der Waals surface area contributed by atoms with Gasteiger partial charge in [-0.15, -0.1) is 13.2 Å². The molecule has 36 heavy (non-hydrogen) atoms. The third-order valence-corrected chi connectivity index (χ3v) is 7.31. The molecule has 13 heteroatoms. The van der Waals surface area contributed by atoms with Crippen LogP contribution in [0.2, 0.25) is 0 Å². The second-order valence-corrected chi connectivity index (χ2v) is 9.97. The van der Waals surface area contributed by atoms with Gasteiger partial charge < -0.3 is 15.5 Å². The molecule has 204 valence electrons. The molecule has 8 nitrogen and oxygen atoms in total. The molecular weight excluding hydrogens is 493 g/mol. The Morgan fingerprint density at radius 1 is 1.17 bits per heavy atom. The Bertz CT molecular complexity index is 835. The molecule has 1 saturated carbocycles. The van der Waals surface area contributed by atoms with E-state index in [4.69, 9.17) is 0 Å². The number of nitrogens with zero attached hydrogens (tertiary/aromatic N) is 1. The van der Waals surface area contributed by atoms with E-state index in [1.165, 1.54) is 4.90 Å². The Hall–Kier alpha value is -2.31. The summed E-state index contributed by atoms with van der Waals surface area (Å²) in [5, 5.41) is 5.04. The number of nitrogens with one attached hydrogen (secondary N) is 2. The minimum atomic E-state index is -5.05. The van der Waals surface area contributed by atoms with Crippen LogP contribution < -0.4 is 10.6 Å². The highest BCUT2D eigenvalue weighted by molar-refractivity contribution is 5.94. The molecule has 1 aliphatic carbocycles. The van der Waals surface area contributed by atoms with E-state index in [1.54, 1.807) is 0 Å². The van der Waals surface area contributed by atoms with Crippen molar-refractivity contribution in [1.82, 2.24) is 15.5 Å². The largest absolute Gasteiger partial charge is 0.522 e. The van der Waals surface area contributed by atoms with Gasteiger partial charge in [-0.05, 0) is 56.8 Å². The van der Waals surface area contributed by atoms with Crippen molar-refractivity contribution in [1.29, 1.82) is 0 Å². The highest BCUT2D eigenvalue weighted by Gasteiger charge is 2.56. The summed E-state index contributed by atoms with van der Waals surface area (Å²) in [7, 11) is 0. The second-order valence-electron chi connectivity index (χ2n) is 9.97. The van der Waals surface area contributed by atoms with Crippen molar-refractivity contribution in [3.63, 3.8) is 0 Å². The molecule has 1 spiro atoms. The molecule has 0 aromatic heterocycles. The lowest BCUT2D eigenvalue weighted by Crippen LogP contribution is -2.53. The van der Waals surface area contributed by atoms with Crippen LogP contribution in [0.15, 0.2) is 0 Å². The Kier molecular flexibility index (Phi) is 9.28. The van der Waals surface area contributed by atoms with Crippen molar-refractivity contribution >= 4 is 23.5 Å². The Balaban J connectivity index is 1.74. The molecular formula is C23H32F5N3O5. The van der Waals surface area contributed by atoms with Crippen LogP contribution in [0, 0.1) is 17.3 Å². The second kappa shape index (κ2) is 11.8. The SMILES string of the molecule is O=C1NCC[C@H]1C[C@H](NC(=O)[C@@H]1CC2(CC2)CN1C(=O)C(CCF)CCCF)C(=O)COC(F)(F)F. The molecule has 4 atom stereocenters. The third kappa shape index (κ3) is 7.36. The third-order valence-electron chi connectivity index (χ3n) is 7.31. The molecule has 2 heterocycles. The number of alkyl halides is 5. The van der Waals surface area contributed by atoms with Crippen LogP contribution in [-0.4, -0.2) is 79.9 Å².